The molecule has 1 heterocycles. The first kappa shape index (κ1) is 16.7. The first-order valence-electron chi connectivity index (χ1n) is 6.44. The largest absolute Gasteiger partial charge is 0.388 e. The number of halogens is 1. The quantitative estimate of drug-likeness (QED) is 0.761. The van der Waals surface area contributed by atoms with E-state index in [1.807, 2.05) is 13.8 Å². The van der Waals surface area contributed by atoms with Crippen molar-refractivity contribution in [2.45, 2.75) is 32.3 Å². The fourth-order valence-corrected chi connectivity index (χ4v) is 2.19. The number of aromatic nitrogens is 1. The molecule has 3 N–H and O–H groups in total. The van der Waals surface area contributed by atoms with E-state index < -0.39 is 11.6 Å². The Kier molecular flexibility index (Phi) is 5.76. The predicted molar refractivity (Wildman–Crippen MR) is 81.9 cm³/mol. The van der Waals surface area contributed by atoms with Crippen LogP contribution in [0.1, 0.15) is 26.7 Å². The minimum Gasteiger partial charge on any atom is -0.388 e. The van der Waals surface area contributed by atoms with E-state index in [1.54, 1.807) is 7.05 Å². The zero-order valence-corrected chi connectivity index (χ0v) is 13.5. The summed E-state index contributed by atoms with van der Waals surface area (Å²) >= 11 is 3.13. The number of rotatable bonds is 5. The van der Waals surface area contributed by atoms with Gasteiger partial charge in [-0.05, 0) is 34.8 Å². The molecule has 1 aromatic rings. The molecule has 0 aliphatic heterocycles. The van der Waals surface area contributed by atoms with E-state index in [1.165, 1.54) is 16.8 Å². The number of urea groups is 1. The van der Waals surface area contributed by atoms with E-state index in [4.69, 9.17) is 0 Å². The zero-order chi connectivity index (χ0) is 15.3. The topological polar surface area (TPSA) is 83.4 Å². The maximum atomic E-state index is 11.8. The van der Waals surface area contributed by atoms with E-state index in [0.29, 0.717) is 23.0 Å². The van der Waals surface area contributed by atoms with Crippen LogP contribution in [-0.2, 0) is 7.05 Å². The van der Waals surface area contributed by atoms with Gasteiger partial charge < -0.3 is 20.3 Å². The lowest BCUT2D eigenvalue weighted by Gasteiger charge is -2.25. The fraction of sp³-hybridized carbons (Fsp3) is 0.538. The van der Waals surface area contributed by atoms with Gasteiger partial charge in [-0.1, -0.05) is 13.8 Å². The lowest BCUT2D eigenvalue weighted by molar-refractivity contribution is 0.0354. The molecule has 2 amide bonds. The average Bonchev–Trinajstić information content (AvgIpc) is 2.42. The first-order chi connectivity index (χ1) is 9.31. The van der Waals surface area contributed by atoms with Crippen LogP contribution in [-0.4, -0.2) is 27.9 Å². The van der Waals surface area contributed by atoms with Crippen LogP contribution in [0.4, 0.5) is 10.5 Å². The second-order valence-electron chi connectivity index (χ2n) is 4.73. The second kappa shape index (κ2) is 6.90. The van der Waals surface area contributed by atoms with Crippen molar-refractivity contribution in [1.29, 1.82) is 0 Å². The maximum absolute atomic E-state index is 11.8. The van der Waals surface area contributed by atoms with Gasteiger partial charge in [-0.25, -0.2) is 4.79 Å². The van der Waals surface area contributed by atoms with Crippen LogP contribution < -0.4 is 16.2 Å². The Labute approximate surface area is 126 Å². The van der Waals surface area contributed by atoms with Crippen LogP contribution in [0.25, 0.3) is 0 Å². The van der Waals surface area contributed by atoms with Gasteiger partial charge in [0.2, 0.25) is 0 Å². The molecule has 0 saturated heterocycles. The molecule has 1 rings (SSSR count). The zero-order valence-electron chi connectivity index (χ0n) is 11.9. The summed E-state index contributed by atoms with van der Waals surface area (Å²) < 4.78 is 1.74. The molecule has 7 heteroatoms. The molecule has 1 aromatic heterocycles. The normalized spacial score (nSPS) is 11.2. The van der Waals surface area contributed by atoms with Gasteiger partial charge in [0, 0.05) is 19.8 Å². The summed E-state index contributed by atoms with van der Waals surface area (Å²) in [6, 6.07) is 1.11. The molecule has 0 bridgehead atoms. The molecule has 0 atom stereocenters. The van der Waals surface area contributed by atoms with Crippen LogP contribution in [0.5, 0.6) is 0 Å². The van der Waals surface area contributed by atoms with Crippen molar-refractivity contribution < 1.29 is 9.90 Å². The minimum absolute atomic E-state index is 0.178. The smallest absolute Gasteiger partial charge is 0.319 e. The van der Waals surface area contributed by atoms with Crippen molar-refractivity contribution in [3.05, 3.63) is 27.1 Å². The second-order valence-corrected chi connectivity index (χ2v) is 5.59. The molecule has 112 valence electrons. The van der Waals surface area contributed by atoms with Crippen molar-refractivity contribution in [1.82, 2.24) is 9.88 Å². The number of pyridine rings is 1. The SMILES string of the molecule is CCC(O)(CC)CNC(=O)Nc1cc(Br)c(=O)n(C)c1. The average molecular weight is 346 g/mol. The van der Waals surface area contributed by atoms with Crippen LogP contribution in [0, 0.1) is 0 Å². The molecule has 20 heavy (non-hydrogen) atoms. The van der Waals surface area contributed by atoms with E-state index in [0.717, 1.165) is 0 Å². The van der Waals surface area contributed by atoms with Crippen LogP contribution >= 0.6 is 15.9 Å². The summed E-state index contributed by atoms with van der Waals surface area (Å²) in [6.45, 7) is 3.92. The Morgan fingerprint density at radius 3 is 2.55 bits per heavy atom. The summed E-state index contributed by atoms with van der Waals surface area (Å²) in [6.07, 6.45) is 2.66. The Morgan fingerprint density at radius 2 is 2.05 bits per heavy atom. The highest BCUT2D eigenvalue weighted by atomic mass is 79.9. The fourth-order valence-electron chi connectivity index (χ4n) is 1.66. The molecular formula is C13H20BrN3O3. The molecule has 0 saturated carbocycles. The molecule has 0 spiro atoms. The van der Waals surface area contributed by atoms with Crippen molar-refractivity contribution in [3.8, 4) is 0 Å². The number of nitrogens with zero attached hydrogens (tertiary/aromatic N) is 1. The summed E-state index contributed by atoms with van der Waals surface area (Å²) in [5.74, 6) is 0. The summed E-state index contributed by atoms with van der Waals surface area (Å²) in [4.78, 5) is 23.3. The van der Waals surface area contributed by atoms with Crippen molar-refractivity contribution in [3.63, 3.8) is 0 Å². The molecule has 0 aliphatic rings. The van der Waals surface area contributed by atoms with Gasteiger partial charge in [0.1, 0.15) is 0 Å². The number of anilines is 1. The third-order valence-electron chi connectivity index (χ3n) is 3.29. The van der Waals surface area contributed by atoms with E-state index >= 15 is 0 Å². The Morgan fingerprint density at radius 1 is 1.45 bits per heavy atom. The van der Waals surface area contributed by atoms with Crippen LogP contribution in [0.2, 0.25) is 0 Å². The third kappa shape index (κ3) is 4.35. The standard InChI is InChI=1S/C13H20BrN3O3/c1-4-13(20,5-2)8-15-12(19)16-9-6-10(14)11(18)17(3)7-9/h6-7,20H,4-5,8H2,1-3H3,(H2,15,16,19). The number of nitrogens with one attached hydrogen (secondary N) is 2. The molecular weight excluding hydrogens is 326 g/mol. The first-order valence-corrected chi connectivity index (χ1v) is 7.24. The van der Waals surface area contributed by atoms with Crippen molar-refractivity contribution >= 4 is 27.6 Å². The number of aryl methyl sites for hydroxylation is 1. The number of hydrogen-bond donors (Lipinski definition) is 3. The maximum Gasteiger partial charge on any atom is 0.319 e. The molecule has 6 nitrogen and oxygen atoms in total. The van der Waals surface area contributed by atoms with Gasteiger partial charge in [-0.15, -0.1) is 0 Å². The highest BCUT2D eigenvalue weighted by Gasteiger charge is 2.22. The number of hydrogen-bond acceptors (Lipinski definition) is 3. The van der Waals surface area contributed by atoms with Crippen molar-refractivity contribution in [2.75, 3.05) is 11.9 Å². The Hall–Kier alpha value is -1.34. The van der Waals surface area contributed by atoms with E-state index in [9.17, 15) is 14.7 Å². The van der Waals surface area contributed by atoms with Gasteiger partial charge >= 0.3 is 6.03 Å². The van der Waals surface area contributed by atoms with Gasteiger partial charge in [0.05, 0.1) is 15.8 Å². The van der Waals surface area contributed by atoms with Crippen LogP contribution in [0.15, 0.2) is 21.5 Å². The highest BCUT2D eigenvalue weighted by Crippen LogP contribution is 2.14. The summed E-state index contributed by atoms with van der Waals surface area (Å²) in [5.41, 5.74) is -0.572. The van der Waals surface area contributed by atoms with Gasteiger partial charge in [-0.3, -0.25) is 4.79 Å². The number of carbonyl (C=O) groups excluding carboxylic acids is 1. The molecule has 0 aliphatic carbocycles. The van der Waals surface area contributed by atoms with Crippen LogP contribution in [0.3, 0.4) is 0 Å². The number of aliphatic hydroxyl groups is 1. The summed E-state index contributed by atoms with van der Waals surface area (Å²) in [5, 5.41) is 15.3. The van der Waals surface area contributed by atoms with E-state index in [2.05, 4.69) is 26.6 Å². The Bertz CT molecular complexity index is 512. The lowest BCUT2D eigenvalue weighted by Crippen LogP contribution is -2.43. The summed E-state index contributed by atoms with van der Waals surface area (Å²) in [7, 11) is 1.60. The molecule has 0 unspecified atom stereocenters. The monoisotopic (exact) mass is 345 g/mol. The van der Waals surface area contributed by atoms with Gasteiger partial charge in [0.15, 0.2) is 0 Å². The minimum atomic E-state index is -0.887. The lowest BCUT2D eigenvalue weighted by atomic mass is 9.98. The van der Waals surface area contributed by atoms with Gasteiger partial charge in [-0.2, -0.15) is 0 Å². The molecule has 0 aromatic carbocycles. The molecule has 0 fully saturated rings. The van der Waals surface area contributed by atoms with Crippen molar-refractivity contribution in [2.24, 2.45) is 7.05 Å². The highest BCUT2D eigenvalue weighted by molar-refractivity contribution is 9.10. The number of amides is 2. The number of carbonyl (C=O) groups is 1. The van der Waals surface area contributed by atoms with E-state index in [-0.39, 0.29) is 12.1 Å². The third-order valence-corrected chi connectivity index (χ3v) is 3.86. The predicted octanol–water partition coefficient (Wildman–Crippen LogP) is 1.82. The Balaban J connectivity index is 2.66. The molecule has 0 radical (unpaired) electrons. The van der Waals surface area contributed by atoms with Gasteiger partial charge in [0.25, 0.3) is 5.56 Å².